The van der Waals surface area contributed by atoms with Crippen molar-refractivity contribution in [2.24, 2.45) is 0 Å². The Bertz CT molecular complexity index is 1480. The molecule has 0 saturated carbocycles. The fourth-order valence-electron chi connectivity index (χ4n) is 4.99. The van der Waals surface area contributed by atoms with Crippen LogP contribution in [0.25, 0.3) is 16.9 Å². The van der Waals surface area contributed by atoms with Crippen LogP contribution in [0.3, 0.4) is 0 Å². The second-order valence-corrected chi connectivity index (χ2v) is 9.90. The number of fused-ring (bicyclic) bond motifs is 1. The molecule has 0 bridgehead atoms. The van der Waals surface area contributed by atoms with Crippen molar-refractivity contribution in [3.63, 3.8) is 0 Å². The predicted octanol–water partition coefficient (Wildman–Crippen LogP) is 6.27. The molecule has 39 heavy (non-hydrogen) atoms. The molecule has 7 nitrogen and oxygen atoms in total. The molecule has 6 rings (SSSR count). The van der Waals surface area contributed by atoms with Gasteiger partial charge in [-0.25, -0.2) is 4.52 Å². The Hall–Kier alpha value is -4.36. The molecule has 3 aromatic carbocycles. The summed E-state index contributed by atoms with van der Waals surface area (Å²) < 4.78 is 7.81. The Morgan fingerprint density at radius 1 is 0.769 bits per heavy atom. The molecule has 2 N–H and O–H groups in total. The summed E-state index contributed by atoms with van der Waals surface area (Å²) in [6.45, 7) is 4.98. The van der Waals surface area contributed by atoms with Gasteiger partial charge in [0.2, 0.25) is 5.95 Å². The number of hydrogen-bond donors (Lipinski definition) is 2. The SMILES string of the molecule is c1ccc(CCNc2ccc(-c3cccc4nc(Nc5ccc(OCCN6CCCC6)cc5)nn34)cc2)cc1. The summed E-state index contributed by atoms with van der Waals surface area (Å²) in [4.78, 5) is 7.14. The molecule has 3 heterocycles. The third-order valence-electron chi connectivity index (χ3n) is 7.11. The van der Waals surface area contributed by atoms with Crippen molar-refractivity contribution in [3.05, 3.63) is 103 Å². The lowest BCUT2D eigenvalue weighted by molar-refractivity contribution is 0.238. The Morgan fingerprint density at radius 3 is 2.33 bits per heavy atom. The summed E-state index contributed by atoms with van der Waals surface area (Å²) in [5, 5.41) is 11.6. The summed E-state index contributed by atoms with van der Waals surface area (Å²) in [6, 6.07) is 33.0. The molecule has 0 spiro atoms. The smallest absolute Gasteiger partial charge is 0.247 e. The minimum absolute atomic E-state index is 0.560. The first-order chi connectivity index (χ1) is 19.3. The molecule has 0 radical (unpaired) electrons. The van der Waals surface area contributed by atoms with E-state index in [0.29, 0.717) is 12.6 Å². The number of rotatable bonds is 11. The van der Waals surface area contributed by atoms with E-state index in [4.69, 9.17) is 9.84 Å². The van der Waals surface area contributed by atoms with Crippen molar-refractivity contribution in [2.75, 3.05) is 43.4 Å². The van der Waals surface area contributed by atoms with Gasteiger partial charge in [-0.15, -0.1) is 5.10 Å². The number of nitrogens with zero attached hydrogens (tertiary/aromatic N) is 4. The third kappa shape index (κ3) is 6.38. The van der Waals surface area contributed by atoms with E-state index in [9.17, 15) is 0 Å². The Morgan fingerprint density at radius 2 is 1.54 bits per heavy atom. The maximum absolute atomic E-state index is 5.93. The van der Waals surface area contributed by atoms with Gasteiger partial charge in [-0.1, -0.05) is 48.5 Å². The molecule has 2 aromatic heterocycles. The lowest BCUT2D eigenvalue weighted by Crippen LogP contribution is -2.25. The maximum atomic E-state index is 5.93. The number of nitrogens with one attached hydrogen (secondary N) is 2. The van der Waals surface area contributed by atoms with E-state index in [1.165, 1.54) is 31.5 Å². The second-order valence-electron chi connectivity index (χ2n) is 9.90. The molecule has 0 aliphatic carbocycles. The fraction of sp³-hybridized carbons (Fsp3) is 0.250. The molecule has 1 aliphatic rings. The number of likely N-dealkylation sites (tertiary alicyclic amines) is 1. The summed E-state index contributed by atoms with van der Waals surface area (Å²) in [5.74, 6) is 1.44. The average molecular weight is 519 g/mol. The zero-order valence-electron chi connectivity index (χ0n) is 22.1. The monoisotopic (exact) mass is 518 g/mol. The highest BCUT2D eigenvalue weighted by Gasteiger charge is 2.12. The van der Waals surface area contributed by atoms with Crippen molar-refractivity contribution in [2.45, 2.75) is 19.3 Å². The van der Waals surface area contributed by atoms with Gasteiger partial charge in [0, 0.05) is 30.0 Å². The minimum Gasteiger partial charge on any atom is -0.492 e. The molecule has 0 atom stereocenters. The van der Waals surface area contributed by atoms with Gasteiger partial charge in [0.05, 0.1) is 5.69 Å². The first kappa shape index (κ1) is 24.9. The van der Waals surface area contributed by atoms with Crippen molar-refractivity contribution in [1.29, 1.82) is 0 Å². The van der Waals surface area contributed by atoms with Crippen LogP contribution >= 0.6 is 0 Å². The molecular weight excluding hydrogens is 484 g/mol. The van der Waals surface area contributed by atoms with Gasteiger partial charge in [0.25, 0.3) is 0 Å². The van der Waals surface area contributed by atoms with Crippen LogP contribution in [0.15, 0.2) is 97.1 Å². The minimum atomic E-state index is 0.560. The van der Waals surface area contributed by atoms with Crippen LogP contribution in [0.4, 0.5) is 17.3 Å². The second kappa shape index (κ2) is 12.0. The van der Waals surface area contributed by atoms with Crippen molar-refractivity contribution in [3.8, 4) is 17.0 Å². The van der Waals surface area contributed by atoms with Crippen LogP contribution in [0.1, 0.15) is 18.4 Å². The van der Waals surface area contributed by atoms with Gasteiger partial charge >= 0.3 is 0 Å². The topological polar surface area (TPSA) is 66.7 Å². The highest BCUT2D eigenvalue weighted by atomic mass is 16.5. The third-order valence-corrected chi connectivity index (χ3v) is 7.11. The zero-order chi connectivity index (χ0) is 26.3. The number of ether oxygens (including phenoxy) is 1. The summed E-state index contributed by atoms with van der Waals surface area (Å²) in [7, 11) is 0. The van der Waals surface area contributed by atoms with E-state index in [1.54, 1.807) is 0 Å². The molecule has 7 heteroatoms. The quantitative estimate of drug-likeness (QED) is 0.215. The van der Waals surface area contributed by atoms with E-state index in [0.717, 1.165) is 53.5 Å². The van der Waals surface area contributed by atoms with Crippen LogP contribution in [-0.2, 0) is 6.42 Å². The number of benzene rings is 3. The van der Waals surface area contributed by atoms with Crippen LogP contribution in [0, 0.1) is 0 Å². The van der Waals surface area contributed by atoms with Crippen molar-refractivity contribution < 1.29 is 4.74 Å². The molecule has 5 aromatic rings. The zero-order valence-corrected chi connectivity index (χ0v) is 22.1. The fourth-order valence-corrected chi connectivity index (χ4v) is 4.99. The van der Waals surface area contributed by atoms with Crippen molar-refractivity contribution >= 4 is 23.0 Å². The van der Waals surface area contributed by atoms with Crippen LogP contribution in [0.2, 0.25) is 0 Å². The molecule has 0 unspecified atom stereocenters. The lowest BCUT2D eigenvalue weighted by Gasteiger charge is -2.15. The summed E-state index contributed by atoms with van der Waals surface area (Å²) in [6.07, 6.45) is 3.60. The predicted molar refractivity (Wildman–Crippen MR) is 158 cm³/mol. The number of hydrogen-bond acceptors (Lipinski definition) is 6. The Balaban J connectivity index is 1.07. The molecule has 198 valence electrons. The van der Waals surface area contributed by atoms with Gasteiger partial charge in [-0.2, -0.15) is 4.98 Å². The first-order valence-electron chi connectivity index (χ1n) is 13.8. The largest absolute Gasteiger partial charge is 0.492 e. The van der Waals surface area contributed by atoms with E-state index in [2.05, 4.69) is 81.2 Å². The maximum Gasteiger partial charge on any atom is 0.247 e. The van der Waals surface area contributed by atoms with E-state index < -0.39 is 0 Å². The molecule has 0 amide bonds. The number of anilines is 3. The van der Waals surface area contributed by atoms with Gasteiger partial charge in [0.1, 0.15) is 12.4 Å². The van der Waals surface area contributed by atoms with E-state index in [-0.39, 0.29) is 0 Å². The Kier molecular flexibility index (Phi) is 7.68. The van der Waals surface area contributed by atoms with E-state index >= 15 is 0 Å². The van der Waals surface area contributed by atoms with E-state index in [1.807, 2.05) is 40.9 Å². The van der Waals surface area contributed by atoms with Crippen LogP contribution in [0.5, 0.6) is 5.75 Å². The lowest BCUT2D eigenvalue weighted by atomic mass is 10.1. The molecule has 1 fully saturated rings. The average Bonchev–Trinajstić information content (AvgIpc) is 3.65. The van der Waals surface area contributed by atoms with Crippen LogP contribution in [-0.4, -0.2) is 52.3 Å². The van der Waals surface area contributed by atoms with Gasteiger partial charge in [0.15, 0.2) is 5.65 Å². The first-order valence-corrected chi connectivity index (χ1v) is 13.8. The standard InChI is InChI=1S/C32H34N6O/c1-2-7-25(8-3-1)19-20-33-27-13-11-26(12-14-27)30-9-6-10-31-35-32(36-38(30)31)34-28-15-17-29(18-16-28)39-24-23-37-21-4-5-22-37/h1-3,6-18,33H,4-5,19-24H2,(H,34,36). The summed E-state index contributed by atoms with van der Waals surface area (Å²) >= 11 is 0. The highest BCUT2D eigenvalue weighted by Crippen LogP contribution is 2.24. The Labute approximate surface area is 229 Å². The number of pyridine rings is 1. The van der Waals surface area contributed by atoms with Gasteiger partial charge in [-0.3, -0.25) is 4.90 Å². The van der Waals surface area contributed by atoms with Crippen molar-refractivity contribution in [1.82, 2.24) is 19.5 Å². The molecule has 1 saturated heterocycles. The highest BCUT2D eigenvalue weighted by molar-refractivity contribution is 5.67. The molecule has 1 aliphatic heterocycles. The van der Waals surface area contributed by atoms with Gasteiger partial charge < -0.3 is 15.4 Å². The molecular formula is C32H34N6O. The van der Waals surface area contributed by atoms with Crippen LogP contribution < -0.4 is 15.4 Å². The van der Waals surface area contributed by atoms with Gasteiger partial charge in [-0.05, 0) is 86.4 Å². The number of aromatic nitrogens is 3. The summed E-state index contributed by atoms with van der Waals surface area (Å²) in [5.41, 5.74) is 6.23. The normalized spacial score (nSPS) is 13.5.